The van der Waals surface area contributed by atoms with Crippen molar-refractivity contribution in [2.75, 3.05) is 33.3 Å². The first-order valence-electron chi connectivity index (χ1n) is 8.57. The van der Waals surface area contributed by atoms with Crippen molar-refractivity contribution in [3.8, 4) is 0 Å². The van der Waals surface area contributed by atoms with Gasteiger partial charge in [-0.1, -0.05) is 6.07 Å². The number of hydrogen-bond donors (Lipinski definition) is 1. The second kappa shape index (κ2) is 6.41. The number of likely N-dealkylation sites (tertiary alicyclic amines) is 1. The number of nitrogens with zero attached hydrogens (tertiary/aromatic N) is 3. The minimum Gasteiger partial charge on any atom is -0.468 e. The number of piperazine rings is 1. The van der Waals surface area contributed by atoms with Gasteiger partial charge in [0.2, 0.25) is 5.91 Å². The van der Waals surface area contributed by atoms with Crippen molar-refractivity contribution in [2.24, 2.45) is 0 Å². The predicted molar refractivity (Wildman–Crippen MR) is 92.2 cm³/mol. The van der Waals surface area contributed by atoms with Crippen molar-refractivity contribution in [3.05, 3.63) is 22.4 Å². The zero-order valence-corrected chi connectivity index (χ0v) is 15.3. The fourth-order valence-corrected chi connectivity index (χ4v) is 5.01. The first-order chi connectivity index (χ1) is 12.4. The van der Waals surface area contributed by atoms with Crippen LogP contribution >= 0.6 is 11.3 Å². The molecular weight excluding hydrogens is 358 g/mol. The van der Waals surface area contributed by atoms with Crippen molar-refractivity contribution in [1.29, 1.82) is 0 Å². The summed E-state index contributed by atoms with van der Waals surface area (Å²) in [6, 6.07) is 3.48. The molecule has 140 valence electrons. The Hall–Kier alpha value is -1.81. The van der Waals surface area contributed by atoms with Gasteiger partial charge in [-0.25, -0.2) is 0 Å². The number of amides is 2. The van der Waals surface area contributed by atoms with Gasteiger partial charge in [-0.2, -0.15) is 0 Å². The predicted octanol–water partition coefficient (Wildman–Crippen LogP) is -0.720. The van der Waals surface area contributed by atoms with Crippen LogP contribution in [0.1, 0.15) is 11.3 Å². The summed E-state index contributed by atoms with van der Waals surface area (Å²) in [6.07, 6.45) is -0.353. The summed E-state index contributed by atoms with van der Waals surface area (Å²) >= 11 is 1.66. The van der Waals surface area contributed by atoms with Crippen molar-refractivity contribution in [3.63, 3.8) is 0 Å². The Kier molecular flexibility index (Phi) is 4.34. The van der Waals surface area contributed by atoms with Crippen LogP contribution in [0.25, 0.3) is 0 Å². The Balaban J connectivity index is 1.57. The van der Waals surface area contributed by atoms with E-state index in [-0.39, 0.29) is 18.9 Å². The zero-order valence-electron chi connectivity index (χ0n) is 14.5. The van der Waals surface area contributed by atoms with Crippen LogP contribution in [-0.2, 0) is 25.7 Å². The fraction of sp³-hybridized carbons (Fsp3) is 0.588. The third kappa shape index (κ3) is 2.66. The number of carbonyl (C=O) groups is 3. The monoisotopic (exact) mass is 379 g/mol. The molecule has 8 nitrogen and oxygen atoms in total. The average Bonchev–Trinajstić information content (AvgIpc) is 3.22. The number of carbonyl (C=O) groups excluding carboxylic acids is 3. The number of hydrogen-bond acceptors (Lipinski definition) is 8. The number of aliphatic hydroxyl groups excluding tert-OH is 1. The number of rotatable bonds is 4. The number of imide groups is 1. The highest BCUT2D eigenvalue weighted by atomic mass is 32.1. The lowest BCUT2D eigenvalue weighted by molar-refractivity contribution is -0.182. The Labute approximate surface area is 154 Å². The molecule has 0 radical (unpaired) electrons. The highest BCUT2D eigenvalue weighted by molar-refractivity contribution is 7.09. The maximum Gasteiger partial charge on any atom is 0.325 e. The van der Waals surface area contributed by atoms with E-state index in [1.807, 2.05) is 22.4 Å². The van der Waals surface area contributed by atoms with Gasteiger partial charge in [-0.15, -0.1) is 11.3 Å². The summed E-state index contributed by atoms with van der Waals surface area (Å²) in [7, 11) is 1.23. The average molecular weight is 379 g/mol. The minimum absolute atomic E-state index is 0.288. The fourth-order valence-electron chi connectivity index (χ4n) is 4.26. The van der Waals surface area contributed by atoms with Gasteiger partial charge < -0.3 is 9.84 Å². The van der Waals surface area contributed by atoms with Crippen LogP contribution in [0.3, 0.4) is 0 Å². The van der Waals surface area contributed by atoms with E-state index >= 15 is 0 Å². The van der Waals surface area contributed by atoms with E-state index in [2.05, 4.69) is 9.64 Å². The van der Waals surface area contributed by atoms with Gasteiger partial charge in [0, 0.05) is 31.1 Å². The van der Waals surface area contributed by atoms with E-state index in [1.165, 1.54) is 12.0 Å². The number of β-amino-alcohol motifs (C(OH)–C–C–N with tert-alkyl or cyclic N) is 1. The zero-order chi connectivity index (χ0) is 18.5. The van der Waals surface area contributed by atoms with Crippen LogP contribution in [0.15, 0.2) is 17.5 Å². The van der Waals surface area contributed by atoms with Crippen LogP contribution < -0.4 is 0 Å². The number of esters is 1. The van der Waals surface area contributed by atoms with Gasteiger partial charge in [0.15, 0.2) is 0 Å². The van der Waals surface area contributed by atoms with Crippen molar-refractivity contribution >= 4 is 29.1 Å². The molecule has 4 rings (SSSR count). The highest BCUT2D eigenvalue weighted by Gasteiger charge is 2.64. The van der Waals surface area contributed by atoms with E-state index in [9.17, 15) is 19.5 Å². The number of ether oxygens (including phenoxy) is 1. The molecule has 2 unspecified atom stereocenters. The lowest BCUT2D eigenvalue weighted by Gasteiger charge is -2.58. The Morgan fingerprint density at radius 3 is 2.85 bits per heavy atom. The lowest BCUT2D eigenvalue weighted by atomic mass is 9.82. The Bertz CT molecular complexity index is 731. The first-order valence-corrected chi connectivity index (χ1v) is 9.45. The number of thiophene rings is 1. The topological polar surface area (TPSA) is 90.4 Å². The first kappa shape index (κ1) is 17.6. The van der Waals surface area contributed by atoms with Crippen molar-refractivity contribution in [1.82, 2.24) is 14.7 Å². The molecular formula is C17H21N3O5S. The van der Waals surface area contributed by atoms with Crippen molar-refractivity contribution in [2.45, 2.75) is 30.7 Å². The molecule has 3 aliphatic rings. The number of fused-ring (bicyclic) bond motifs is 2. The molecule has 1 N–H and O–H groups in total. The molecule has 9 heteroatoms. The second-order valence-corrected chi connectivity index (χ2v) is 8.15. The molecule has 0 bridgehead atoms. The molecule has 1 aromatic heterocycles. The smallest absolute Gasteiger partial charge is 0.325 e. The molecule has 0 aliphatic carbocycles. The van der Waals surface area contributed by atoms with Gasteiger partial charge in [0.25, 0.3) is 5.91 Å². The van der Waals surface area contributed by atoms with Gasteiger partial charge in [0.1, 0.15) is 12.1 Å². The van der Waals surface area contributed by atoms with Crippen LogP contribution in [0.5, 0.6) is 0 Å². The summed E-state index contributed by atoms with van der Waals surface area (Å²) in [5.74, 6) is -1.40. The SMILES string of the molecule is COC(=O)CN1C(=O)C2CC(O)CN2C2(CN(Cc3cccs3)C2)C1=O. The van der Waals surface area contributed by atoms with E-state index in [4.69, 9.17) is 0 Å². The normalized spacial score (nSPS) is 28.3. The summed E-state index contributed by atoms with van der Waals surface area (Å²) in [5, 5.41) is 12.1. The Morgan fingerprint density at radius 2 is 2.19 bits per heavy atom. The summed E-state index contributed by atoms with van der Waals surface area (Å²) < 4.78 is 4.64. The molecule has 26 heavy (non-hydrogen) atoms. The Morgan fingerprint density at radius 1 is 1.42 bits per heavy atom. The van der Waals surface area contributed by atoms with E-state index in [0.717, 1.165) is 11.4 Å². The largest absolute Gasteiger partial charge is 0.468 e. The number of aliphatic hydroxyl groups is 1. The molecule has 3 aliphatic heterocycles. The van der Waals surface area contributed by atoms with Crippen LogP contribution in [0.4, 0.5) is 0 Å². The molecule has 2 atom stereocenters. The van der Waals surface area contributed by atoms with Gasteiger partial charge in [-0.05, 0) is 17.9 Å². The molecule has 1 aromatic rings. The second-order valence-electron chi connectivity index (χ2n) is 7.12. The third-order valence-corrected chi connectivity index (χ3v) is 6.33. The van der Waals surface area contributed by atoms with Crippen LogP contribution in [-0.4, -0.2) is 88.6 Å². The number of methoxy groups -OCH3 is 1. The molecule has 0 saturated carbocycles. The van der Waals surface area contributed by atoms with E-state index < -0.39 is 29.6 Å². The summed E-state index contributed by atoms with van der Waals surface area (Å²) in [4.78, 5) is 43.8. The van der Waals surface area contributed by atoms with Gasteiger partial charge in [0.05, 0.1) is 19.3 Å². The summed E-state index contributed by atoms with van der Waals surface area (Å²) in [6.45, 7) is 1.65. The molecule has 4 heterocycles. The molecule has 3 fully saturated rings. The lowest BCUT2D eigenvalue weighted by Crippen LogP contribution is -2.81. The molecule has 0 aromatic carbocycles. The van der Waals surface area contributed by atoms with Gasteiger partial charge in [-0.3, -0.25) is 29.1 Å². The summed E-state index contributed by atoms with van der Waals surface area (Å²) in [5.41, 5.74) is -0.846. The minimum atomic E-state index is -0.846. The molecule has 2 amide bonds. The highest BCUT2D eigenvalue weighted by Crippen LogP contribution is 2.40. The third-order valence-electron chi connectivity index (χ3n) is 5.47. The quantitative estimate of drug-likeness (QED) is 0.545. The molecule has 3 saturated heterocycles. The van der Waals surface area contributed by atoms with Crippen molar-refractivity contribution < 1.29 is 24.2 Å². The maximum atomic E-state index is 13.1. The standard InChI is InChI=1S/C17H21N3O5S/c1-25-14(22)8-19-15(23)13-5-11(21)6-20(13)17(16(19)24)9-18(10-17)7-12-3-2-4-26-12/h2-4,11,13,21H,5-10H2,1H3. The van der Waals surface area contributed by atoms with E-state index in [0.29, 0.717) is 19.6 Å². The van der Waals surface area contributed by atoms with E-state index in [1.54, 1.807) is 11.3 Å². The van der Waals surface area contributed by atoms with Crippen LogP contribution in [0.2, 0.25) is 0 Å². The van der Waals surface area contributed by atoms with Gasteiger partial charge >= 0.3 is 5.97 Å². The maximum absolute atomic E-state index is 13.1. The molecule has 1 spiro atoms. The van der Waals surface area contributed by atoms with Crippen LogP contribution in [0, 0.1) is 0 Å².